The molecular formula is C28H39N5O5. The number of fused-ring (bicyclic) bond motifs is 1. The van der Waals surface area contributed by atoms with E-state index < -0.39 is 17.8 Å². The van der Waals surface area contributed by atoms with E-state index in [0.717, 1.165) is 29.7 Å². The largest absolute Gasteiger partial charge is 0.445 e. The number of hydrogen-bond donors (Lipinski definition) is 2. The van der Waals surface area contributed by atoms with E-state index in [2.05, 4.69) is 15.6 Å². The van der Waals surface area contributed by atoms with E-state index in [1.54, 1.807) is 0 Å². The molecule has 1 aliphatic carbocycles. The SMILES string of the molecule is CC(C)O[C@H]1CN(c2ncc3c(n2)CCC(NC(=O)OCc2ccccc2)C3)C[C@@H]1NC(=O)OC(C)(C)C. The Hall–Kier alpha value is -3.40. The first-order valence-electron chi connectivity index (χ1n) is 13.3. The van der Waals surface area contributed by atoms with Gasteiger partial charge in [-0.1, -0.05) is 30.3 Å². The summed E-state index contributed by atoms with van der Waals surface area (Å²) < 4.78 is 16.9. The fourth-order valence-corrected chi connectivity index (χ4v) is 4.73. The second kappa shape index (κ2) is 12.0. The standard InChI is InChI=1S/C28H39N5O5/c1-18(2)37-24-16-33(15-23(24)32-27(35)38-28(3,4)5)25-29-14-20-13-21(11-12-22(20)31-25)30-26(34)36-17-19-9-7-6-8-10-19/h6-10,14,18,21,23-24H,11-13,15-17H2,1-5H3,(H,30,34)(H,32,35)/t21?,23-,24-/m0/s1. The number of nitrogens with zero attached hydrogens (tertiary/aromatic N) is 3. The van der Waals surface area contributed by atoms with Crippen molar-refractivity contribution in [1.29, 1.82) is 0 Å². The third-order valence-electron chi connectivity index (χ3n) is 6.37. The minimum atomic E-state index is -0.580. The van der Waals surface area contributed by atoms with Crippen LogP contribution >= 0.6 is 0 Å². The number of amides is 2. The van der Waals surface area contributed by atoms with Crippen molar-refractivity contribution in [1.82, 2.24) is 20.6 Å². The lowest BCUT2D eigenvalue weighted by Gasteiger charge is -2.26. The molecule has 2 amide bonds. The van der Waals surface area contributed by atoms with Gasteiger partial charge in [-0.3, -0.25) is 0 Å². The Balaban J connectivity index is 1.34. The summed E-state index contributed by atoms with van der Waals surface area (Å²) in [5.41, 5.74) is 2.37. The zero-order valence-corrected chi connectivity index (χ0v) is 22.9. The van der Waals surface area contributed by atoms with Gasteiger partial charge >= 0.3 is 12.2 Å². The van der Waals surface area contributed by atoms with Gasteiger partial charge in [-0.05, 0) is 65.0 Å². The number of alkyl carbamates (subject to hydrolysis) is 2. The van der Waals surface area contributed by atoms with Gasteiger partial charge in [0, 0.05) is 31.0 Å². The van der Waals surface area contributed by atoms with E-state index in [-0.39, 0.29) is 30.9 Å². The van der Waals surface area contributed by atoms with Crippen LogP contribution in [0.4, 0.5) is 15.5 Å². The van der Waals surface area contributed by atoms with Crippen LogP contribution in [0.3, 0.4) is 0 Å². The lowest BCUT2D eigenvalue weighted by atomic mass is 9.93. The molecule has 0 radical (unpaired) electrons. The maximum atomic E-state index is 12.4. The summed E-state index contributed by atoms with van der Waals surface area (Å²) in [5.74, 6) is 0.614. The average Bonchev–Trinajstić information content (AvgIpc) is 3.23. The van der Waals surface area contributed by atoms with E-state index in [9.17, 15) is 9.59 Å². The lowest BCUT2D eigenvalue weighted by Crippen LogP contribution is -2.46. The minimum absolute atomic E-state index is 0.0103. The number of anilines is 1. The number of hydrogen-bond acceptors (Lipinski definition) is 8. The number of carbonyl (C=O) groups is 2. The van der Waals surface area contributed by atoms with Gasteiger partial charge in [0.15, 0.2) is 0 Å². The highest BCUT2D eigenvalue weighted by molar-refractivity contribution is 5.68. The van der Waals surface area contributed by atoms with E-state index in [1.165, 1.54) is 0 Å². The van der Waals surface area contributed by atoms with Crippen molar-refractivity contribution in [3.05, 3.63) is 53.3 Å². The van der Waals surface area contributed by atoms with Crippen LogP contribution in [0.5, 0.6) is 0 Å². The smallest absolute Gasteiger partial charge is 0.408 e. The fraction of sp³-hybridized carbons (Fsp3) is 0.571. The predicted octanol–water partition coefficient (Wildman–Crippen LogP) is 3.77. The van der Waals surface area contributed by atoms with Crippen LogP contribution in [0.25, 0.3) is 0 Å². The summed E-state index contributed by atoms with van der Waals surface area (Å²) in [5, 5.41) is 5.93. The molecule has 38 heavy (non-hydrogen) atoms. The van der Waals surface area contributed by atoms with Crippen molar-refractivity contribution in [2.24, 2.45) is 0 Å². The van der Waals surface area contributed by atoms with Gasteiger partial charge in [-0.15, -0.1) is 0 Å². The Labute approximate surface area is 224 Å². The summed E-state index contributed by atoms with van der Waals surface area (Å²) in [4.78, 5) is 36.2. The molecule has 0 saturated carbocycles. The van der Waals surface area contributed by atoms with Crippen LogP contribution in [0.2, 0.25) is 0 Å². The highest BCUT2D eigenvalue weighted by atomic mass is 16.6. The molecule has 1 unspecified atom stereocenters. The van der Waals surface area contributed by atoms with Crippen LogP contribution in [0, 0.1) is 0 Å². The highest BCUT2D eigenvalue weighted by Gasteiger charge is 2.37. The summed E-state index contributed by atoms with van der Waals surface area (Å²) in [7, 11) is 0. The van der Waals surface area contributed by atoms with E-state index in [1.807, 2.05) is 76.0 Å². The van der Waals surface area contributed by atoms with Gasteiger partial charge in [0.2, 0.25) is 5.95 Å². The van der Waals surface area contributed by atoms with Crippen LogP contribution in [-0.2, 0) is 33.7 Å². The molecule has 2 aromatic rings. The maximum absolute atomic E-state index is 12.4. The number of aromatic nitrogens is 2. The first-order chi connectivity index (χ1) is 18.1. The summed E-state index contributed by atoms with van der Waals surface area (Å²) in [6, 6.07) is 9.33. The highest BCUT2D eigenvalue weighted by Crippen LogP contribution is 2.25. The van der Waals surface area contributed by atoms with Crippen LogP contribution in [-0.4, -0.2) is 65.1 Å². The van der Waals surface area contributed by atoms with Crippen molar-refractivity contribution < 1.29 is 23.8 Å². The Morgan fingerprint density at radius 2 is 1.87 bits per heavy atom. The second-order valence-electron chi connectivity index (χ2n) is 11.2. The third kappa shape index (κ3) is 7.80. The molecular weight excluding hydrogens is 486 g/mol. The number of nitrogens with one attached hydrogen (secondary N) is 2. The number of ether oxygens (including phenoxy) is 3. The molecule has 10 nitrogen and oxygen atoms in total. The summed E-state index contributed by atoms with van der Waals surface area (Å²) in [6.07, 6.45) is 2.91. The maximum Gasteiger partial charge on any atom is 0.408 e. The van der Waals surface area contributed by atoms with E-state index >= 15 is 0 Å². The summed E-state index contributed by atoms with van der Waals surface area (Å²) in [6.45, 7) is 10.8. The monoisotopic (exact) mass is 525 g/mol. The van der Waals surface area contributed by atoms with E-state index in [4.69, 9.17) is 19.2 Å². The molecule has 4 rings (SSSR count). The molecule has 0 spiro atoms. The van der Waals surface area contributed by atoms with Crippen LogP contribution in [0.1, 0.15) is 57.9 Å². The van der Waals surface area contributed by atoms with Gasteiger partial charge in [0.1, 0.15) is 12.2 Å². The van der Waals surface area contributed by atoms with E-state index in [0.29, 0.717) is 25.5 Å². The molecule has 1 saturated heterocycles. The lowest BCUT2D eigenvalue weighted by molar-refractivity contribution is 0.000666. The molecule has 206 valence electrons. The Morgan fingerprint density at radius 3 is 2.58 bits per heavy atom. The Bertz CT molecular complexity index is 1100. The molecule has 2 heterocycles. The van der Waals surface area contributed by atoms with Gasteiger partial charge in [0.25, 0.3) is 0 Å². The molecule has 1 aliphatic heterocycles. The average molecular weight is 526 g/mol. The van der Waals surface area contributed by atoms with Gasteiger partial charge in [0.05, 0.1) is 18.2 Å². The third-order valence-corrected chi connectivity index (χ3v) is 6.37. The van der Waals surface area contributed by atoms with Crippen LogP contribution in [0.15, 0.2) is 36.5 Å². The number of rotatable bonds is 7. The number of aryl methyl sites for hydroxylation is 1. The molecule has 2 aliphatic rings. The second-order valence-corrected chi connectivity index (χ2v) is 11.2. The van der Waals surface area contributed by atoms with Crippen molar-refractivity contribution in [3.63, 3.8) is 0 Å². The Morgan fingerprint density at radius 1 is 1.11 bits per heavy atom. The first kappa shape index (κ1) is 27.6. The topological polar surface area (TPSA) is 115 Å². The van der Waals surface area contributed by atoms with Gasteiger partial charge < -0.3 is 29.7 Å². The molecule has 0 bridgehead atoms. The zero-order chi connectivity index (χ0) is 27.3. The van der Waals surface area contributed by atoms with Crippen molar-refractivity contribution in [3.8, 4) is 0 Å². The number of carbonyl (C=O) groups excluding carboxylic acids is 2. The Kier molecular flexibility index (Phi) is 8.71. The molecule has 10 heteroatoms. The molecule has 1 aromatic carbocycles. The first-order valence-corrected chi connectivity index (χ1v) is 13.3. The summed E-state index contributed by atoms with van der Waals surface area (Å²) >= 11 is 0. The quantitative estimate of drug-likeness (QED) is 0.562. The van der Waals surface area contributed by atoms with Crippen molar-refractivity contribution in [2.75, 3.05) is 18.0 Å². The molecule has 2 N–H and O–H groups in total. The molecule has 1 aromatic heterocycles. The van der Waals surface area contributed by atoms with Crippen LogP contribution < -0.4 is 15.5 Å². The fourth-order valence-electron chi connectivity index (χ4n) is 4.73. The van der Waals surface area contributed by atoms with Crippen molar-refractivity contribution in [2.45, 2.75) is 90.4 Å². The number of benzene rings is 1. The zero-order valence-electron chi connectivity index (χ0n) is 22.9. The minimum Gasteiger partial charge on any atom is -0.445 e. The normalized spacial score (nSPS) is 21.1. The predicted molar refractivity (Wildman–Crippen MR) is 143 cm³/mol. The molecule has 1 fully saturated rings. The van der Waals surface area contributed by atoms with Gasteiger partial charge in [-0.2, -0.15) is 0 Å². The molecule has 3 atom stereocenters. The van der Waals surface area contributed by atoms with Gasteiger partial charge in [-0.25, -0.2) is 19.6 Å². The van der Waals surface area contributed by atoms with Crippen molar-refractivity contribution >= 4 is 18.1 Å².